The van der Waals surface area contributed by atoms with Gasteiger partial charge in [0.25, 0.3) is 5.91 Å². The summed E-state index contributed by atoms with van der Waals surface area (Å²) in [5.74, 6) is 6.06. The smallest absolute Gasteiger partial charge is 0.259 e. The number of rotatable bonds is 3. The summed E-state index contributed by atoms with van der Waals surface area (Å²) in [6.45, 7) is 2.16. The SMILES string of the molecule is CCc1occc1C(=O)Nc1ccc(Cl)cc1C#CCN. The summed E-state index contributed by atoms with van der Waals surface area (Å²) in [6.07, 6.45) is 2.15. The van der Waals surface area contributed by atoms with Gasteiger partial charge in [0, 0.05) is 17.0 Å². The first-order chi connectivity index (χ1) is 10.2. The Morgan fingerprint density at radius 1 is 1.43 bits per heavy atom. The first-order valence-electron chi connectivity index (χ1n) is 6.52. The number of carbonyl (C=O) groups excluding carboxylic acids is 1. The molecule has 2 rings (SSSR count). The summed E-state index contributed by atoms with van der Waals surface area (Å²) in [5.41, 5.74) is 7.11. The standard InChI is InChI=1S/C16H15ClN2O2/c1-2-15-13(7-9-21-15)16(20)19-14-6-5-12(17)10-11(14)4-3-8-18/h5-7,9-10H,2,8,18H2,1H3,(H,19,20). The highest BCUT2D eigenvalue weighted by Crippen LogP contribution is 2.21. The van der Waals surface area contributed by atoms with Gasteiger partial charge in [-0.2, -0.15) is 0 Å². The zero-order valence-electron chi connectivity index (χ0n) is 11.6. The highest BCUT2D eigenvalue weighted by atomic mass is 35.5. The van der Waals surface area contributed by atoms with Gasteiger partial charge in [0.1, 0.15) is 5.76 Å². The van der Waals surface area contributed by atoms with Crippen LogP contribution < -0.4 is 11.1 Å². The number of aryl methyl sites for hydroxylation is 1. The Morgan fingerprint density at radius 2 is 2.24 bits per heavy atom. The van der Waals surface area contributed by atoms with Crippen molar-refractivity contribution in [3.8, 4) is 11.8 Å². The number of carbonyl (C=O) groups is 1. The van der Waals surface area contributed by atoms with Crippen LogP contribution in [-0.4, -0.2) is 12.5 Å². The molecule has 0 atom stereocenters. The van der Waals surface area contributed by atoms with Crippen LogP contribution in [0.1, 0.15) is 28.6 Å². The molecule has 0 fully saturated rings. The van der Waals surface area contributed by atoms with Crippen molar-refractivity contribution in [2.75, 3.05) is 11.9 Å². The lowest BCUT2D eigenvalue weighted by Crippen LogP contribution is -2.13. The van der Waals surface area contributed by atoms with Gasteiger partial charge in [-0.1, -0.05) is 30.4 Å². The van der Waals surface area contributed by atoms with Crippen molar-refractivity contribution in [3.05, 3.63) is 52.4 Å². The molecule has 1 amide bonds. The predicted octanol–water partition coefficient (Wildman–Crippen LogP) is 3.06. The summed E-state index contributed by atoms with van der Waals surface area (Å²) in [7, 11) is 0. The van der Waals surface area contributed by atoms with E-state index in [-0.39, 0.29) is 12.5 Å². The molecule has 21 heavy (non-hydrogen) atoms. The number of benzene rings is 1. The molecule has 2 aromatic rings. The molecule has 0 radical (unpaired) electrons. The van der Waals surface area contributed by atoms with Crippen molar-refractivity contribution < 1.29 is 9.21 Å². The van der Waals surface area contributed by atoms with Gasteiger partial charge in [0.15, 0.2) is 0 Å². The van der Waals surface area contributed by atoms with Crippen LogP contribution in [-0.2, 0) is 6.42 Å². The maximum atomic E-state index is 12.3. The van der Waals surface area contributed by atoms with Gasteiger partial charge < -0.3 is 15.5 Å². The minimum absolute atomic E-state index is 0.237. The molecule has 3 N–H and O–H groups in total. The van der Waals surface area contributed by atoms with Gasteiger partial charge in [-0.05, 0) is 24.3 Å². The minimum Gasteiger partial charge on any atom is -0.469 e. The molecule has 0 bridgehead atoms. The Balaban J connectivity index is 2.29. The van der Waals surface area contributed by atoms with Gasteiger partial charge in [0.2, 0.25) is 0 Å². The minimum atomic E-state index is -0.237. The van der Waals surface area contributed by atoms with Crippen LogP contribution >= 0.6 is 11.6 Å². The molecule has 0 aliphatic rings. The summed E-state index contributed by atoms with van der Waals surface area (Å²) < 4.78 is 5.26. The van der Waals surface area contributed by atoms with E-state index in [0.29, 0.717) is 34.0 Å². The van der Waals surface area contributed by atoms with E-state index in [1.165, 1.54) is 6.26 Å². The summed E-state index contributed by atoms with van der Waals surface area (Å²) >= 11 is 5.95. The molecule has 1 aromatic heterocycles. The van der Waals surface area contributed by atoms with Gasteiger partial charge in [-0.15, -0.1) is 0 Å². The third kappa shape index (κ3) is 3.66. The van der Waals surface area contributed by atoms with Crippen LogP contribution in [0.5, 0.6) is 0 Å². The number of hydrogen-bond donors (Lipinski definition) is 2. The Bertz CT molecular complexity index is 711. The van der Waals surface area contributed by atoms with E-state index in [2.05, 4.69) is 17.2 Å². The molecule has 1 heterocycles. The van der Waals surface area contributed by atoms with Crippen LogP contribution in [0, 0.1) is 11.8 Å². The zero-order chi connectivity index (χ0) is 15.2. The molecule has 0 spiro atoms. The fourth-order valence-corrected chi connectivity index (χ4v) is 2.05. The molecular weight excluding hydrogens is 288 g/mol. The fraction of sp³-hybridized carbons (Fsp3) is 0.188. The number of anilines is 1. The van der Waals surface area contributed by atoms with Crippen molar-refractivity contribution in [2.45, 2.75) is 13.3 Å². The van der Waals surface area contributed by atoms with Crippen LogP contribution in [0.2, 0.25) is 5.02 Å². The first-order valence-corrected chi connectivity index (χ1v) is 6.89. The average molecular weight is 303 g/mol. The molecular formula is C16H15ClN2O2. The lowest BCUT2D eigenvalue weighted by Gasteiger charge is -2.08. The van der Waals surface area contributed by atoms with E-state index in [9.17, 15) is 4.79 Å². The second kappa shape index (κ2) is 6.98. The maximum absolute atomic E-state index is 12.3. The number of nitrogens with one attached hydrogen (secondary N) is 1. The summed E-state index contributed by atoms with van der Waals surface area (Å²) in [5, 5.41) is 3.37. The lowest BCUT2D eigenvalue weighted by atomic mass is 10.1. The van der Waals surface area contributed by atoms with Gasteiger partial charge in [0.05, 0.1) is 24.1 Å². The molecule has 4 nitrogen and oxygen atoms in total. The average Bonchev–Trinajstić information content (AvgIpc) is 2.96. The van der Waals surface area contributed by atoms with Gasteiger partial charge in [-0.25, -0.2) is 0 Å². The number of amides is 1. The van der Waals surface area contributed by atoms with Gasteiger partial charge >= 0.3 is 0 Å². The Hall–Kier alpha value is -2.22. The highest BCUT2D eigenvalue weighted by molar-refractivity contribution is 6.30. The van der Waals surface area contributed by atoms with Crippen molar-refractivity contribution in [1.82, 2.24) is 0 Å². The highest BCUT2D eigenvalue weighted by Gasteiger charge is 2.14. The van der Waals surface area contributed by atoms with Crippen LogP contribution in [0.25, 0.3) is 0 Å². The number of hydrogen-bond acceptors (Lipinski definition) is 3. The van der Waals surface area contributed by atoms with Crippen LogP contribution in [0.4, 0.5) is 5.69 Å². The molecule has 0 saturated carbocycles. The molecule has 0 aliphatic carbocycles. The van der Waals surface area contributed by atoms with E-state index in [1.807, 2.05) is 6.92 Å². The number of furan rings is 1. The summed E-state index contributed by atoms with van der Waals surface area (Å²) in [4.78, 5) is 12.3. The quantitative estimate of drug-likeness (QED) is 0.856. The molecule has 5 heteroatoms. The van der Waals surface area contributed by atoms with Crippen molar-refractivity contribution in [2.24, 2.45) is 5.73 Å². The zero-order valence-corrected chi connectivity index (χ0v) is 12.3. The lowest BCUT2D eigenvalue weighted by molar-refractivity contribution is 0.102. The third-order valence-electron chi connectivity index (χ3n) is 2.87. The normalized spacial score (nSPS) is 9.86. The molecule has 108 valence electrons. The summed E-state index contributed by atoms with van der Waals surface area (Å²) in [6, 6.07) is 6.75. The number of halogens is 1. The van der Waals surface area contributed by atoms with Crippen LogP contribution in [0.3, 0.4) is 0 Å². The van der Waals surface area contributed by atoms with E-state index in [1.54, 1.807) is 24.3 Å². The Morgan fingerprint density at radius 3 is 2.95 bits per heavy atom. The Labute approximate surface area is 128 Å². The van der Waals surface area contributed by atoms with Crippen molar-refractivity contribution >= 4 is 23.2 Å². The number of nitrogens with two attached hydrogens (primary N) is 1. The van der Waals surface area contributed by atoms with E-state index >= 15 is 0 Å². The van der Waals surface area contributed by atoms with Crippen LogP contribution in [0.15, 0.2) is 34.9 Å². The molecule has 0 unspecified atom stereocenters. The molecule has 1 aromatic carbocycles. The van der Waals surface area contributed by atoms with E-state index in [0.717, 1.165) is 0 Å². The molecule has 0 aliphatic heterocycles. The monoisotopic (exact) mass is 302 g/mol. The van der Waals surface area contributed by atoms with Crippen molar-refractivity contribution in [1.29, 1.82) is 0 Å². The second-order valence-corrected chi connectivity index (χ2v) is 4.70. The molecule has 0 saturated heterocycles. The van der Waals surface area contributed by atoms with E-state index in [4.69, 9.17) is 21.8 Å². The largest absolute Gasteiger partial charge is 0.469 e. The second-order valence-electron chi connectivity index (χ2n) is 4.26. The maximum Gasteiger partial charge on any atom is 0.259 e. The third-order valence-corrected chi connectivity index (χ3v) is 3.10. The Kier molecular flexibility index (Phi) is 5.04. The van der Waals surface area contributed by atoms with Crippen molar-refractivity contribution in [3.63, 3.8) is 0 Å². The van der Waals surface area contributed by atoms with E-state index < -0.39 is 0 Å². The fourth-order valence-electron chi connectivity index (χ4n) is 1.88. The predicted molar refractivity (Wildman–Crippen MR) is 83.4 cm³/mol. The van der Waals surface area contributed by atoms with Gasteiger partial charge in [-0.3, -0.25) is 4.79 Å². The topological polar surface area (TPSA) is 68.3 Å². The first kappa shape index (κ1) is 15.2.